The zero-order valence-corrected chi connectivity index (χ0v) is 14.1. The number of halogens is 1. The van der Waals surface area contributed by atoms with Crippen molar-refractivity contribution in [1.29, 1.82) is 0 Å². The predicted molar refractivity (Wildman–Crippen MR) is 88.1 cm³/mol. The average Bonchev–Trinajstić information content (AvgIpc) is 3.24. The number of amides is 2. The fraction of sp³-hybridized carbons (Fsp3) is 0.429. The summed E-state index contributed by atoms with van der Waals surface area (Å²) in [6.45, 7) is 1.72. The lowest BCUT2D eigenvalue weighted by Gasteiger charge is -2.05. The summed E-state index contributed by atoms with van der Waals surface area (Å²) >= 11 is 1.23. The minimum Gasteiger partial charge on any atom is -0.337 e. The first-order valence-electron chi connectivity index (χ1n) is 7.18. The Hall–Kier alpha value is -1.74. The SMILES string of the molecule is Cc1cc2sc(NC(=O)NCCS(=O)(=O)C3CC3)nc2cc1F. The molecule has 1 saturated carbocycles. The molecule has 1 aromatic heterocycles. The van der Waals surface area contributed by atoms with Crippen LogP contribution in [0.5, 0.6) is 0 Å². The maximum Gasteiger partial charge on any atom is 0.321 e. The molecule has 0 atom stereocenters. The molecule has 1 fully saturated rings. The number of carbonyl (C=O) groups is 1. The first kappa shape index (κ1) is 16.1. The van der Waals surface area contributed by atoms with Gasteiger partial charge in [-0.3, -0.25) is 5.32 Å². The van der Waals surface area contributed by atoms with Crippen molar-refractivity contribution in [2.75, 3.05) is 17.6 Å². The lowest BCUT2D eigenvalue weighted by molar-refractivity contribution is 0.252. The van der Waals surface area contributed by atoms with Crippen molar-refractivity contribution in [1.82, 2.24) is 10.3 Å². The van der Waals surface area contributed by atoms with E-state index in [9.17, 15) is 17.6 Å². The van der Waals surface area contributed by atoms with Crippen molar-refractivity contribution >= 4 is 42.6 Å². The molecule has 6 nitrogen and oxygen atoms in total. The van der Waals surface area contributed by atoms with Gasteiger partial charge in [-0.15, -0.1) is 0 Å². The molecule has 1 aromatic carbocycles. The van der Waals surface area contributed by atoms with Gasteiger partial charge in [-0.1, -0.05) is 11.3 Å². The molecule has 0 unspecified atom stereocenters. The van der Waals surface area contributed by atoms with E-state index < -0.39 is 15.9 Å². The molecular formula is C14H16FN3O3S2. The van der Waals surface area contributed by atoms with Crippen LogP contribution in [0.15, 0.2) is 12.1 Å². The molecule has 2 N–H and O–H groups in total. The van der Waals surface area contributed by atoms with Gasteiger partial charge in [0.25, 0.3) is 0 Å². The summed E-state index contributed by atoms with van der Waals surface area (Å²) in [6.07, 6.45) is 1.44. The third kappa shape index (κ3) is 3.78. The number of sulfone groups is 1. The molecular weight excluding hydrogens is 341 g/mol. The topological polar surface area (TPSA) is 88.2 Å². The first-order chi connectivity index (χ1) is 10.8. The van der Waals surface area contributed by atoms with Crippen LogP contribution in [0.1, 0.15) is 18.4 Å². The second-order valence-electron chi connectivity index (χ2n) is 5.54. The highest BCUT2D eigenvalue weighted by Gasteiger charge is 2.35. The number of aryl methyl sites for hydroxylation is 1. The molecule has 0 aliphatic heterocycles. The normalized spacial score (nSPS) is 14.9. The highest BCUT2D eigenvalue weighted by atomic mass is 32.2. The summed E-state index contributed by atoms with van der Waals surface area (Å²) in [6, 6.07) is 2.48. The zero-order chi connectivity index (χ0) is 16.6. The summed E-state index contributed by atoms with van der Waals surface area (Å²) in [7, 11) is -3.08. The Labute approximate surface area is 137 Å². The molecule has 2 aromatic rings. The molecule has 9 heteroatoms. The van der Waals surface area contributed by atoms with Gasteiger partial charge in [0.2, 0.25) is 0 Å². The molecule has 2 amide bonds. The summed E-state index contributed by atoms with van der Waals surface area (Å²) < 4.78 is 37.6. The number of thiazole rings is 1. The minimum absolute atomic E-state index is 0.0588. The number of rotatable bonds is 5. The molecule has 0 saturated heterocycles. The van der Waals surface area contributed by atoms with E-state index in [0.717, 1.165) is 17.5 Å². The van der Waals surface area contributed by atoms with Crippen LogP contribution in [0.3, 0.4) is 0 Å². The molecule has 0 radical (unpaired) electrons. The van der Waals surface area contributed by atoms with Crippen molar-refractivity contribution in [2.45, 2.75) is 25.0 Å². The van der Waals surface area contributed by atoms with Gasteiger partial charge in [-0.05, 0) is 31.4 Å². The fourth-order valence-corrected chi connectivity index (χ4v) is 4.66. The standard InChI is InChI=1S/C14H16FN3O3S2/c1-8-6-12-11(7-10(8)15)17-14(22-12)18-13(19)16-4-5-23(20,21)9-2-3-9/h6-7,9H,2-5H2,1H3,(H2,16,17,18,19). The summed E-state index contributed by atoms with van der Waals surface area (Å²) in [4.78, 5) is 15.9. The van der Waals surface area contributed by atoms with E-state index in [1.807, 2.05) is 0 Å². The highest BCUT2D eigenvalue weighted by Crippen LogP contribution is 2.29. The molecule has 3 rings (SSSR count). The number of aromatic nitrogens is 1. The lowest BCUT2D eigenvalue weighted by atomic mass is 10.2. The molecule has 1 aliphatic carbocycles. The third-order valence-corrected chi connectivity index (χ3v) is 6.79. The Bertz CT molecular complexity index is 821. The number of anilines is 1. The molecule has 0 bridgehead atoms. The Balaban J connectivity index is 1.57. The van der Waals surface area contributed by atoms with Gasteiger partial charge < -0.3 is 5.32 Å². The van der Waals surface area contributed by atoms with E-state index in [2.05, 4.69) is 15.6 Å². The number of nitrogens with zero attached hydrogens (tertiary/aromatic N) is 1. The molecule has 1 aliphatic rings. The van der Waals surface area contributed by atoms with Crippen molar-refractivity contribution < 1.29 is 17.6 Å². The maximum absolute atomic E-state index is 13.5. The Morgan fingerprint density at radius 1 is 1.43 bits per heavy atom. The van der Waals surface area contributed by atoms with E-state index in [1.165, 1.54) is 17.4 Å². The van der Waals surface area contributed by atoms with Gasteiger partial charge in [-0.2, -0.15) is 0 Å². The Morgan fingerprint density at radius 2 is 2.17 bits per heavy atom. The van der Waals surface area contributed by atoms with Crippen LogP contribution in [0, 0.1) is 12.7 Å². The molecule has 0 spiro atoms. The van der Waals surface area contributed by atoms with Gasteiger partial charge in [0.1, 0.15) is 5.82 Å². The van der Waals surface area contributed by atoms with E-state index in [0.29, 0.717) is 16.2 Å². The van der Waals surface area contributed by atoms with Gasteiger partial charge >= 0.3 is 6.03 Å². The molecule has 23 heavy (non-hydrogen) atoms. The predicted octanol–water partition coefficient (Wildman–Crippen LogP) is 2.44. The van der Waals surface area contributed by atoms with Crippen LogP contribution in [0.2, 0.25) is 0 Å². The van der Waals surface area contributed by atoms with Gasteiger partial charge in [0.15, 0.2) is 15.0 Å². The first-order valence-corrected chi connectivity index (χ1v) is 9.71. The highest BCUT2D eigenvalue weighted by molar-refractivity contribution is 7.92. The largest absolute Gasteiger partial charge is 0.337 e. The monoisotopic (exact) mass is 357 g/mol. The van der Waals surface area contributed by atoms with Crippen LogP contribution >= 0.6 is 11.3 Å². The number of hydrogen-bond acceptors (Lipinski definition) is 5. The van der Waals surface area contributed by atoms with Gasteiger partial charge in [0, 0.05) is 12.6 Å². The van der Waals surface area contributed by atoms with Crippen LogP contribution < -0.4 is 10.6 Å². The van der Waals surface area contributed by atoms with Crippen LogP contribution in [-0.4, -0.2) is 37.0 Å². The second-order valence-corrected chi connectivity index (χ2v) is 8.97. The van der Waals surface area contributed by atoms with Crippen molar-refractivity contribution in [2.24, 2.45) is 0 Å². The maximum atomic E-state index is 13.5. The zero-order valence-electron chi connectivity index (χ0n) is 12.4. The number of urea groups is 1. The van der Waals surface area contributed by atoms with Crippen LogP contribution in [0.4, 0.5) is 14.3 Å². The Kier molecular flexibility index (Phi) is 4.24. The number of fused-ring (bicyclic) bond motifs is 1. The fourth-order valence-electron chi connectivity index (χ4n) is 2.15. The number of carbonyl (C=O) groups excluding carboxylic acids is 1. The van der Waals surface area contributed by atoms with Crippen molar-refractivity contribution in [3.63, 3.8) is 0 Å². The minimum atomic E-state index is -3.08. The molecule has 1 heterocycles. The van der Waals surface area contributed by atoms with Crippen LogP contribution in [0.25, 0.3) is 10.2 Å². The number of hydrogen-bond donors (Lipinski definition) is 2. The number of nitrogens with one attached hydrogen (secondary N) is 2. The Morgan fingerprint density at radius 3 is 2.87 bits per heavy atom. The summed E-state index contributed by atoms with van der Waals surface area (Å²) in [5.41, 5.74) is 0.993. The quantitative estimate of drug-likeness (QED) is 0.860. The van der Waals surface area contributed by atoms with E-state index in [-0.39, 0.29) is 23.4 Å². The second kappa shape index (κ2) is 6.04. The third-order valence-electron chi connectivity index (χ3n) is 3.59. The summed E-state index contributed by atoms with van der Waals surface area (Å²) in [5.74, 6) is -0.404. The molecule has 124 valence electrons. The van der Waals surface area contributed by atoms with Crippen LogP contribution in [-0.2, 0) is 9.84 Å². The van der Waals surface area contributed by atoms with Gasteiger partial charge in [0.05, 0.1) is 21.2 Å². The smallest absolute Gasteiger partial charge is 0.321 e. The lowest BCUT2D eigenvalue weighted by Crippen LogP contribution is -2.33. The number of benzene rings is 1. The van der Waals surface area contributed by atoms with E-state index in [4.69, 9.17) is 0 Å². The van der Waals surface area contributed by atoms with Crippen molar-refractivity contribution in [3.8, 4) is 0 Å². The average molecular weight is 357 g/mol. The summed E-state index contributed by atoms with van der Waals surface area (Å²) in [5, 5.41) is 5.16. The van der Waals surface area contributed by atoms with E-state index >= 15 is 0 Å². The van der Waals surface area contributed by atoms with E-state index in [1.54, 1.807) is 13.0 Å². The van der Waals surface area contributed by atoms with Crippen molar-refractivity contribution in [3.05, 3.63) is 23.5 Å². The van der Waals surface area contributed by atoms with Gasteiger partial charge in [-0.25, -0.2) is 22.6 Å².